The summed E-state index contributed by atoms with van der Waals surface area (Å²) in [6.07, 6.45) is 1.03. The van der Waals surface area contributed by atoms with Crippen molar-refractivity contribution in [2.45, 2.75) is 36.1 Å². The van der Waals surface area contributed by atoms with Crippen molar-refractivity contribution in [1.29, 1.82) is 0 Å². The first kappa shape index (κ1) is 15.0. The van der Waals surface area contributed by atoms with E-state index >= 15 is 0 Å². The maximum Gasteiger partial charge on any atom is 0.0409 e. The molecule has 0 amide bonds. The van der Waals surface area contributed by atoms with Crippen LogP contribution >= 0.6 is 23.4 Å². The van der Waals surface area contributed by atoms with Gasteiger partial charge in [0.05, 0.1) is 0 Å². The summed E-state index contributed by atoms with van der Waals surface area (Å²) in [6, 6.07) is 15.5. The molecule has 110 valence electrons. The van der Waals surface area contributed by atoms with Gasteiger partial charge in [-0.25, -0.2) is 0 Å². The van der Waals surface area contributed by atoms with Gasteiger partial charge in [-0.2, -0.15) is 0 Å². The fourth-order valence-corrected chi connectivity index (χ4v) is 4.39. The molecule has 1 aliphatic rings. The number of likely N-dealkylation sites (N-methyl/N-ethyl adjacent to an activating group) is 1. The Kier molecular flexibility index (Phi) is 4.58. The lowest BCUT2D eigenvalue weighted by Crippen LogP contribution is -2.30. The molecule has 21 heavy (non-hydrogen) atoms. The Hall–Kier alpha value is -0.960. The van der Waals surface area contributed by atoms with E-state index in [-0.39, 0.29) is 0 Å². The number of halogens is 1. The second-order valence-corrected chi connectivity index (χ2v) is 6.85. The van der Waals surface area contributed by atoms with E-state index in [1.165, 1.54) is 20.9 Å². The topological polar surface area (TPSA) is 3.24 Å². The second-order valence-electron chi connectivity index (χ2n) is 5.33. The molecule has 1 nitrogen and oxygen atoms in total. The van der Waals surface area contributed by atoms with Crippen molar-refractivity contribution in [1.82, 2.24) is 4.90 Å². The van der Waals surface area contributed by atoms with Crippen LogP contribution in [0.4, 0.5) is 0 Å². The molecule has 2 aromatic rings. The van der Waals surface area contributed by atoms with Gasteiger partial charge in [0.25, 0.3) is 0 Å². The molecule has 0 spiro atoms. The summed E-state index contributed by atoms with van der Waals surface area (Å²) in [4.78, 5) is 5.24. The van der Waals surface area contributed by atoms with Gasteiger partial charge in [0.15, 0.2) is 0 Å². The molecule has 0 unspecified atom stereocenters. The molecule has 1 atom stereocenters. The highest BCUT2D eigenvalue weighted by Gasteiger charge is 2.26. The third kappa shape index (κ3) is 2.98. The first-order valence-electron chi connectivity index (χ1n) is 7.52. The third-order valence-corrected chi connectivity index (χ3v) is 5.63. The molecule has 3 rings (SSSR count). The summed E-state index contributed by atoms with van der Waals surface area (Å²) < 4.78 is 0. The molecular weight excluding hydrogens is 298 g/mol. The van der Waals surface area contributed by atoms with Crippen molar-refractivity contribution in [2.75, 3.05) is 13.1 Å². The van der Waals surface area contributed by atoms with Crippen LogP contribution in [0.5, 0.6) is 0 Å². The molecule has 0 aromatic heterocycles. The minimum absolute atomic E-state index is 0.434. The Balaban J connectivity index is 2.11. The highest BCUT2D eigenvalue weighted by Crippen LogP contribution is 2.43. The van der Waals surface area contributed by atoms with Gasteiger partial charge in [-0.3, -0.25) is 4.90 Å². The molecule has 0 radical (unpaired) electrons. The van der Waals surface area contributed by atoms with Crippen LogP contribution in [0.2, 0.25) is 5.02 Å². The highest BCUT2D eigenvalue weighted by atomic mass is 35.5. The van der Waals surface area contributed by atoms with Gasteiger partial charge >= 0.3 is 0 Å². The van der Waals surface area contributed by atoms with E-state index in [1.54, 1.807) is 0 Å². The molecule has 0 N–H and O–H groups in total. The maximum absolute atomic E-state index is 6.21. The predicted octanol–water partition coefficient (Wildman–Crippen LogP) is 5.43. The van der Waals surface area contributed by atoms with Crippen LogP contribution in [-0.4, -0.2) is 18.0 Å². The highest BCUT2D eigenvalue weighted by molar-refractivity contribution is 7.99. The predicted molar refractivity (Wildman–Crippen MR) is 91.4 cm³/mol. The van der Waals surface area contributed by atoms with Crippen molar-refractivity contribution in [3.8, 4) is 0 Å². The van der Waals surface area contributed by atoms with Crippen LogP contribution in [-0.2, 0) is 6.42 Å². The summed E-state index contributed by atoms with van der Waals surface area (Å²) in [5.41, 5.74) is 2.80. The summed E-state index contributed by atoms with van der Waals surface area (Å²) in [7, 11) is 0. The number of benzene rings is 2. The summed E-state index contributed by atoms with van der Waals surface area (Å²) in [5.74, 6) is 0. The van der Waals surface area contributed by atoms with Gasteiger partial charge in [0.2, 0.25) is 0 Å². The monoisotopic (exact) mass is 317 g/mol. The van der Waals surface area contributed by atoms with Gasteiger partial charge in [-0.05, 0) is 54.9 Å². The van der Waals surface area contributed by atoms with Crippen molar-refractivity contribution >= 4 is 23.4 Å². The van der Waals surface area contributed by atoms with E-state index in [1.807, 2.05) is 17.8 Å². The van der Waals surface area contributed by atoms with E-state index in [9.17, 15) is 0 Å². The lowest BCUT2D eigenvalue weighted by Gasteiger charge is -2.30. The van der Waals surface area contributed by atoms with Gasteiger partial charge in [-0.1, -0.05) is 55.4 Å². The Bertz CT molecular complexity index is 637. The van der Waals surface area contributed by atoms with E-state index in [4.69, 9.17) is 11.6 Å². The standard InChI is InChI=1S/C18H20ClNS/c1-3-20(4-2)16-12-13-11-14(19)9-10-17(13)21-18-8-6-5-7-15(16)18/h5-11,16H,3-4,12H2,1-2H3/t16-/m0/s1. The van der Waals surface area contributed by atoms with E-state index in [0.717, 1.165) is 24.5 Å². The Morgan fingerprint density at radius 3 is 2.62 bits per heavy atom. The third-order valence-electron chi connectivity index (χ3n) is 4.19. The molecule has 2 aromatic carbocycles. The molecule has 1 heterocycles. The van der Waals surface area contributed by atoms with Crippen LogP contribution in [0, 0.1) is 0 Å². The fourth-order valence-electron chi connectivity index (χ4n) is 3.08. The van der Waals surface area contributed by atoms with Crippen molar-refractivity contribution in [3.63, 3.8) is 0 Å². The first-order valence-corrected chi connectivity index (χ1v) is 8.71. The summed E-state index contributed by atoms with van der Waals surface area (Å²) in [5, 5.41) is 0.832. The summed E-state index contributed by atoms with van der Waals surface area (Å²) in [6.45, 7) is 6.61. The zero-order chi connectivity index (χ0) is 14.8. The average molecular weight is 318 g/mol. The van der Waals surface area contributed by atoms with Crippen LogP contribution in [0.15, 0.2) is 52.3 Å². The average Bonchev–Trinajstić information content (AvgIpc) is 2.65. The van der Waals surface area contributed by atoms with Crippen molar-refractivity contribution < 1.29 is 0 Å². The molecule has 0 saturated heterocycles. The normalized spacial score (nSPS) is 17.2. The molecule has 0 fully saturated rings. The SMILES string of the molecule is CCN(CC)[C@H]1Cc2cc(Cl)ccc2Sc2ccccc21. The molecule has 0 aliphatic carbocycles. The minimum atomic E-state index is 0.434. The van der Waals surface area contributed by atoms with E-state index < -0.39 is 0 Å². The largest absolute Gasteiger partial charge is 0.297 e. The lowest BCUT2D eigenvalue weighted by atomic mass is 9.97. The number of nitrogens with zero attached hydrogens (tertiary/aromatic N) is 1. The zero-order valence-electron chi connectivity index (χ0n) is 12.5. The second kappa shape index (κ2) is 6.43. The van der Waals surface area contributed by atoms with Gasteiger partial charge in [0, 0.05) is 20.9 Å². The van der Waals surface area contributed by atoms with Gasteiger partial charge in [-0.15, -0.1) is 0 Å². The first-order chi connectivity index (χ1) is 10.2. The zero-order valence-corrected chi connectivity index (χ0v) is 14.0. The number of hydrogen-bond acceptors (Lipinski definition) is 2. The van der Waals surface area contributed by atoms with Crippen LogP contribution in [0.1, 0.15) is 31.0 Å². The van der Waals surface area contributed by atoms with Crippen LogP contribution < -0.4 is 0 Å². The molecule has 3 heteroatoms. The molecule has 0 saturated carbocycles. The Morgan fingerprint density at radius 2 is 1.86 bits per heavy atom. The molecule has 0 bridgehead atoms. The smallest absolute Gasteiger partial charge is 0.0409 e. The number of hydrogen-bond donors (Lipinski definition) is 0. The van der Waals surface area contributed by atoms with Crippen LogP contribution in [0.3, 0.4) is 0 Å². The van der Waals surface area contributed by atoms with Crippen molar-refractivity contribution in [3.05, 3.63) is 58.6 Å². The van der Waals surface area contributed by atoms with Gasteiger partial charge < -0.3 is 0 Å². The fraction of sp³-hybridized carbons (Fsp3) is 0.333. The number of fused-ring (bicyclic) bond motifs is 2. The quantitative estimate of drug-likeness (QED) is 0.742. The van der Waals surface area contributed by atoms with Crippen molar-refractivity contribution in [2.24, 2.45) is 0 Å². The minimum Gasteiger partial charge on any atom is -0.297 e. The lowest BCUT2D eigenvalue weighted by molar-refractivity contribution is 0.215. The Morgan fingerprint density at radius 1 is 1.10 bits per heavy atom. The molecular formula is C18H20ClNS. The maximum atomic E-state index is 6.21. The summed E-state index contributed by atoms with van der Waals surface area (Å²) >= 11 is 8.08. The van der Waals surface area contributed by atoms with Gasteiger partial charge in [0.1, 0.15) is 0 Å². The van der Waals surface area contributed by atoms with E-state index in [2.05, 4.69) is 55.1 Å². The van der Waals surface area contributed by atoms with E-state index in [0.29, 0.717) is 6.04 Å². The Labute approximate surface area is 136 Å². The molecule has 1 aliphatic heterocycles. The number of rotatable bonds is 3. The van der Waals surface area contributed by atoms with Crippen LogP contribution in [0.25, 0.3) is 0 Å².